The summed E-state index contributed by atoms with van der Waals surface area (Å²) in [5.41, 5.74) is 4.57. The quantitative estimate of drug-likeness (QED) is 0.276. The predicted molar refractivity (Wildman–Crippen MR) is 136 cm³/mol. The molecule has 1 aromatic heterocycles. The van der Waals surface area contributed by atoms with Gasteiger partial charge in [0, 0.05) is 18.3 Å². The summed E-state index contributed by atoms with van der Waals surface area (Å²) in [6.45, 7) is 1.80. The van der Waals surface area contributed by atoms with Gasteiger partial charge < -0.3 is 9.64 Å². The van der Waals surface area contributed by atoms with Crippen molar-refractivity contribution in [3.63, 3.8) is 0 Å². The molecule has 0 saturated carbocycles. The average Bonchev–Trinajstić information content (AvgIpc) is 3.42. The highest BCUT2D eigenvalue weighted by atomic mass is 16.5. The van der Waals surface area contributed by atoms with E-state index >= 15 is 0 Å². The summed E-state index contributed by atoms with van der Waals surface area (Å²) in [5.74, 6) is 0.672. The van der Waals surface area contributed by atoms with E-state index in [1.54, 1.807) is 36.9 Å². The minimum atomic E-state index is -0.515. The van der Waals surface area contributed by atoms with Crippen LogP contribution in [0.25, 0.3) is 22.9 Å². The van der Waals surface area contributed by atoms with Crippen LogP contribution in [0, 0.1) is 11.3 Å². The van der Waals surface area contributed by atoms with Gasteiger partial charge in [0.1, 0.15) is 17.5 Å². The fourth-order valence-electron chi connectivity index (χ4n) is 3.64. The number of hydrogen-bond donors (Lipinski definition) is 0. The third kappa shape index (κ3) is 5.28. The smallest absolute Gasteiger partial charge is 0.251 e. The van der Waals surface area contributed by atoms with Crippen LogP contribution in [-0.4, -0.2) is 35.1 Å². The van der Waals surface area contributed by atoms with Gasteiger partial charge in [0.15, 0.2) is 0 Å². The molecule has 0 aliphatic heterocycles. The van der Waals surface area contributed by atoms with E-state index in [0.29, 0.717) is 11.3 Å². The number of methoxy groups -OCH3 is 1. The van der Waals surface area contributed by atoms with Gasteiger partial charge in [-0.3, -0.25) is 4.79 Å². The first-order valence-corrected chi connectivity index (χ1v) is 11.1. The van der Waals surface area contributed by atoms with Crippen LogP contribution in [0.5, 0.6) is 5.75 Å². The molecule has 3 aromatic carbocycles. The zero-order chi connectivity index (χ0) is 24.8. The number of amides is 1. The van der Waals surface area contributed by atoms with Crippen molar-refractivity contribution in [3.05, 3.63) is 96.2 Å². The molecule has 1 heterocycles. The molecule has 0 N–H and O–H groups in total. The zero-order valence-corrected chi connectivity index (χ0v) is 19.8. The largest absolute Gasteiger partial charge is 0.497 e. The topological polar surface area (TPSA) is 84.0 Å². The first-order valence-electron chi connectivity index (χ1n) is 11.1. The zero-order valence-electron chi connectivity index (χ0n) is 19.8. The van der Waals surface area contributed by atoms with Gasteiger partial charge in [-0.15, -0.1) is 5.10 Å². The Bertz CT molecular complexity index is 1370. The maximum Gasteiger partial charge on any atom is 0.251 e. The number of benzene rings is 3. The Morgan fingerprint density at radius 1 is 1.06 bits per heavy atom. The van der Waals surface area contributed by atoms with Gasteiger partial charge in [-0.1, -0.05) is 59.8 Å². The van der Waals surface area contributed by atoms with E-state index in [2.05, 4.69) is 16.4 Å². The molecule has 174 valence electrons. The third-order valence-electron chi connectivity index (χ3n) is 5.78. The molecule has 4 aromatic rings. The normalized spacial score (nSPS) is 12.0. The molecule has 0 aliphatic carbocycles. The van der Waals surface area contributed by atoms with Crippen LogP contribution in [-0.2, 0) is 4.79 Å². The minimum Gasteiger partial charge on any atom is -0.497 e. The van der Waals surface area contributed by atoms with E-state index in [-0.39, 0.29) is 5.91 Å². The summed E-state index contributed by atoms with van der Waals surface area (Å²) in [5, 5.41) is 18.1. The predicted octanol–water partition coefficient (Wildman–Crippen LogP) is 5.24. The van der Waals surface area contributed by atoms with Crippen molar-refractivity contribution in [1.29, 1.82) is 5.26 Å². The number of ether oxygens (including phenoxy) is 1. The van der Waals surface area contributed by atoms with Gasteiger partial charge in [0.05, 0.1) is 24.9 Å². The Hall–Kier alpha value is -4.70. The Balaban J connectivity index is 1.50. The molecule has 0 radical (unpaired) electrons. The van der Waals surface area contributed by atoms with E-state index < -0.39 is 6.04 Å². The van der Waals surface area contributed by atoms with Crippen LogP contribution >= 0.6 is 0 Å². The van der Waals surface area contributed by atoms with E-state index in [0.717, 1.165) is 28.1 Å². The number of nitriles is 1. The molecule has 0 aliphatic rings. The summed E-state index contributed by atoms with van der Waals surface area (Å²) in [4.78, 5) is 14.5. The number of para-hydroxylation sites is 1. The van der Waals surface area contributed by atoms with Crippen LogP contribution in [0.2, 0.25) is 0 Å². The second-order valence-corrected chi connectivity index (χ2v) is 8.01. The second-order valence-electron chi connectivity index (χ2n) is 8.01. The summed E-state index contributed by atoms with van der Waals surface area (Å²) in [6.07, 6.45) is 3.59. The molecular weight excluding hydrogens is 438 g/mol. The lowest BCUT2D eigenvalue weighted by atomic mass is 10.0. The van der Waals surface area contributed by atoms with E-state index in [1.807, 2.05) is 84.9 Å². The molecule has 4 rings (SSSR count). The number of aromatic nitrogens is 3. The highest BCUT2D eigenvalue weighted by molar-refractivity contribution is 5.95. The molecule has 7 heteroatoms. The van der Waals surface area contributed by atoms with Crippen molar-refractivity contribution in [2.75, 3.05) is 19.1 Å². The van der Waals surface area contributed by atoms with Gasteiger partial charge in [-0.05, 0) is 48.4 Å². The van der Waals surface area contributed by atoms with Crippen molar-refractivity contribution in [1.82, 2.24) is 15.0 Å². The third-order valence-corrected chi connectivity index (χ3v) is 5.78. The summed E-state index contributed by atoms with van der Waals surface area (Å²) in [7, 11) is 3.37. The SMILES string of the molecule is COc1ccc(/C=C(\C#N)c2ccc(-c3cn(C(C)C(=O)N(C)c4ccccc4)nn3)cc2)cc1. The fraction of sp³-hybridized carbons (Fsp3) is 0.143. The Morgan fingerprint density at radius 2 is 1.74 bits per heavy atom. The number of carbonyl (C=O) groups is 1. The Kier molecular flexibility index (Phi) is 7.03. The monoisotopic (exact) mass is 463 g/mol. The van der Waals surface area contributed by atoms with E-state index in [4.69, 9.17) is 4.74 Å². The lowest BCUT2D eigenvalue weighted by Crippen LogP contribution is -2.33. The number of hydrogen-bond acceptors (Lipinski definition) is 5. The number of nitrogens with zero attached hydrogens (tertiary/aromatic N) is 5. The van der Waals surface area contributed by atoms with Crippen molar-refractivity contribution >= 4 is 23.2 Å². The number of anilines is 1. The molecule has 35 heavy (non-hydrogen) atoms. The standard InChI is InChI=1S/C28H25N5O2/c1-20(28(34)32(2)25-7-5-4-6-8-25)33-19-27(30-31-33)23-13-11-22(12-14-23)24(18-29)17-21-9-15-26(35-3)16-10-21/h4-17,19-20H,1-3H3/b24-17+. The maximum absolute atomic E-state index is 12.9. The number of likely N-dealkylation sites (N-methyl/N-ethyl adjacent to an activating group) is 1. The molecule has 7 nitrogen and oxygen atoms in total. The van der Waals surface area contributed by atoms with Crippen molar-refractivity contribution < 1.29 is 9.53 Å². The molecule has 1 unspecified atom stereocenters. The molecule has 0 saturated heterocycles. The highest BCUT2D eigenvalue weighted by Gasteiger charge is 2.22. The van der Waals surface area contributed by atoms with Crippen LogP contribution in [0.3, 0.4) is 0 Å². The first kappa shape index (κ1) is 23.5. The number of rotatable bonds is 7. The van der Waals surface area contributed by atoms with Gasteiger partial charge in [0.2, 0.25) is 0 Å². The van der Waals surface area contributed by atoms with Gasteiger partial charge in [-0.25, -0.2) is 4.68 Å². The average molecular weight is 464 g/mol. The van der Waals surface area contributed by atoms with Crippen LogP contribution < -0.4 is 9.64 Å². The van der Waals surface area contributed by atoms with E-state index in [9.17, 15) is 10.1 Å². The fourth-order valence-corrected chi connectivity index (χ4v) is 3.64. The Morgan fingerprint density at radius 3 is 2.37 bits per heavy atom. The summed E-state index contributed by atoms with van der Waals surface area (Å²) < 4.78 is 6.75. The highest BCUT2D eigenvalue weighted by Crippen LogP contribution is 2.24. The van der Waals surface area contributed by atoms with Gasteiger partial charge >= 0.3 is 0 Å². The molecule has 1 amide bonds. The summed E-state index contributed by atoms with van der Waals surface area (Å²) in [6, 6.07) is 26.3. The Labute approximate surface area is 204 Å². The van der Waals surface area contributed by atoms with Crippen molar-refractivity contribution in [3.8, 4) is 23.1 Å². The lowest BCUT2D eigenvalue weighted by Gasteiger charge is -2.21. The molecule has 0 bridgehead atoms. The van der Waals surface area contributed by atoms with Gasteiger partial charge in [0.25, 0.3) is 5.91 Å². The van der Waals surface area contributed by atoms with E-state index in [1.165, 1.54) is 0 Å². The molecular formula is C28H25N5O2. The summed E-state index contributed by atoms with van der Waals surface area (Å²) >= 11 is 0. The van der Waals surface area contributed by atoms with Gasteiger partial charge in [-0.2, -0.15) is 5.26 Å². The molecule has 0 spiro atoms. The van der Waals surface area contributed by atoms with Crippen LogP contribution in [0.1, 0.15) is 24.1 Å². The number of allylic oxidation sites excluding steroid dienone is 1. The second kappa shape index (κ2) is 10.5. The first-order chi connectivity index (χ1) is 17.0. The van der Waals surface area contributed by atoms with Crippen molar-refractivity contribution in [2.45, 2.75) is 13.0 Å². The minimum absolute atomic E-state index is 0.0923. The lowest BCUT2D eigenvalue weighted by molar-refractivity contribution is -0.121. The van der Waals surface area contributed by atoms with Crippen molar-refractivity contribution in [2.24, 2.45) is 0 Å². The number of carbonyl (C=O) groups excluding carboxylic acids is 1. The molecule has 1 atom stereocenters. The maximum atomic E-state index is 12.9. The molecule has 0 fully saturated rings. The van der Waals surface area contributed by atoms with Crippen LogP contribution in [0.4, 0.5) is 5.69 Å². The van der Waals surface area contributed by atoms with Crippen LogP contribution in [0.15, 0.2) is 85.1 Å².